The molecule has 2 aromatic rings. The molecule has 0 atom stereocenters. The van der Waals surface area contributed by atoms with Crippen molar-refractivity contribution in [3.63, 3.8) is 0 Å². The van der Waals surface area contributed by atoms with E-state index in [-0.39, 0.29) is 50.3 Å². The molecule has 3 nitrogen and oxygen atoms in total. The molecule has 0 radical (unpaired) electrons. The summed E-state index contributed by atoms with van der Waals surface area (Å²) in [6.45, 7) is 0.241. The second kappa shape index (κ2) is 9.64. The Morgan fingerprint density at radius 2 is 1.38 bits per heavy atom. The van der Waals surface area contributed by atoms with Gasteiger partial charge in [-0.2, -0.15) is 3.71 Å². The number of hydrogen-bond acceptors (Lipinski definition) is 4. The number of carbonyl (C=O) groups is 1. The average Bonchev–Trinajstić information content (AvgIpc) is 2.49. The van der Waals surface area contributed by atoms with E-state index in [1.807, 2.05) is 60.7 Å². The molecule has 0 aromatic heterocycles. The van der Waals surface area contributed by atoms with Crippen LogP contribution in [-0.4, -0.2) is 54.1 Å². The molecule has 0 heterocycles. The summed E-state index contributed by atoms with van der Waals surface area (Å²) >= 11 is 7.59. The molecule has 1 amide bonds. The topological polar surface area (TPSA) is 29.5 Å². The second-order valence-corrected chi connectivity index (χ2v) is 5.36. The average molecular weight is 348 g/mol. The monoisotopic (exact) mass is 347 g/mol. The van der Waals surface area contributed by atoms with E-state index in [4.69, 9.17) is 4.74 Å². The minimum atomic E-state index is -0.589. The van der Waals surface area contributed by atoms with Crippen LogP contribution in [0.15, 0.2) is 60.7 Å². The first-order valence-electron chi connectivity index (χ1n) is 6.13. The predicted molar refractivity (Wildman–Crippen MR) is 94.4 cm³/mol. The third kappa shape index (κ3) is 5.75. The van der Waals surface area contributed by atoms with E-state index in [0.717, 1.165) is 14.8 Å². The number of rotatable bonds is 4. The van der Waals surface area contributed by atoms with Gasteiger partial charge in [0.15, 0.2) is 0 Å². The summed E-state index contributed by atoms with van der Waals surface area (Å²) in [7, 11) is 0. The van der Waals surface area contributed by atoms with Gasteiger partial charge in [-0.05, 0) is 36.8 Å². The number of amides is 1. The number of ether oxygens (including phenoxy) is 1. The number of thiol groups is 2. The molecule has 0 unspecified atom stereocenters. The fourth-order valence-corrected chi connectivity index (χ4v) is 2.08. The Labute approximate surface area is 165 Å². The maximum absolute atomic E-state index is 11.5. The van der Waals surface area contributed by atoms with E-state index in [9.17, 15) is 4.79 Å². The van der Waals surface area contributed by atoms with Crippen molar-refractivity contribution < 1.29 is 9.53 Å². The van der Waals surface area contributed by atoms with Gasteiger partial charge < -0.3 is 4.74 Å². The fourth-order valence-electron chi connectivity index (χ4n) is 1.97. The van der Waals surface area contributed by atoms with Gasteiger partial charge in [0.05, 0.1) is 0 Å². The quantitative estimate of drug-likeness (QED) is 0.658. The van der Waals surface area contributed by atoms with Crippen molar-refractivity contribution in [1.29, 1.82) is 0 Å². The van der Waals surface area contributed by atoms with E-state index in [1.165, 1.54) is 0 Å². The molecule has 0 aliphatic rings. The Kier molecular flexibility index (Phi) is 8.59. The third-order valence-electron chi connectivity index (χ3n) is 2.94. The van der Waals surface area contributed by atoms with Crippen LogP contribution in [0, 0.1) is 0 Å². The third-order valence-corrected chi connectivity index (χ3v) is 3.27. The molecule has 6 heteroatoms. The summed E-state index contributed by atoms with van der Waals surface area (Å²) in [4.78, 5) is 11.5. The Morgan fingerprint density at radius 3 is 1.76 bits per heavy atom. The van der Waals surface area contributed by atoms with Gasteiger partial charge in [-0.15, -0.1) is 0 Å². The molecule has 21 heavy (non-hydrogen) atoms. The van der Waals surface area contributed by atoms with Crippen molar-refractivity contribution in [2.24, 2.45) is 0 Å². The Morgan fingerprint density at radius 1 is 0.952 bits per heavy atom. The van der Waals surface area contributed by atoms with E-state index >= 15 is 0 Å². The second-order valence-electron chi connectivity index (χ2n) is 4.24. The summed E-state index contributed by atoms with van der Waals surface area (Å²) in [5.41, 5.74) is 2.19. The minimum absolute atomic E-state index is 0. The van der Waals surface area contributed by atoms with Crippen LogP contribution in [0.2, 0.25) is 0 Å². The standard InChI is InChI=1S/C15H15NO2S2.Ca.2H/c17-15(16(19)20)18-11-14(12-7-3-1-4-8-12)13-9-5-2-6-10-13;;;/h1-10,14,19-20H,11H2;;;. The van der Waals surface area contributed by atoms with Crippen molar-refractivity contribution in [3.8, 4) is 0 Å². The van der Waals surface area contributed by atoms with Crippen LogP contribution < -0.4 is 0 Å². The van der Waals surface area contributed by atoms with Crippen LogP contribution >= 0.6 is 25.6 Å². The number of carbonyl (C=O) groups excluding carboxylic acids is 1. The van der Waals surface area contributed by atoms with Crippen molar-refractivity contribution in [2.75, 3.05) is 6.61 Å². The van der Waals surface area contributed by atoms with Gasteiger partial charge in [0, 0.05) is 5.92 Å². The molecule has 0 spiro atoms. The van der Waals surface area contributed by atoms with Gasteiger partial charge in [0.1, 0.15) is 6.61 Å². The van der Waals surface area contributed by atoms with Crippen LogP contribution in [0.5, 0.6) is 0 Å². The summed E-state index contributed by atoms with van der Waals surface area (Å²) in [5.74, 6) is -0.0111. The first-order chi connectivity index (χ1) is 9.68. The zero-order valence-electron chi connectivity index (χ0n) is 10.7. The van der Waals surface area contributed by atoms with Crippen LogP contribution in [0.3, 0.4) is 0 Å². The molecule has 2 rings (SSSR count). The molecule has 0 aliphatic carbocycles. The Bertz CT molecular complexity index is 513. The van der Waals surface area contributed by atoms with Gasteiger partial charge in [0.25, 0.3) is 0 Å². The molecule has 0 fully saturated rings. The van der Waals surface area contributed by atoms with Gasteiger partial charge in [-0.1, -0.05) is 60.7 Å². The van der Waals surface area contributed by atoms with Crippen molar-refractivity contribution >= 4 is 69.5 Å². The Balaban J connectivity index is 0.00000220. The first-order valence-corrected chi connectivity index (χ1v) is 6.93. The van der Waals surface area contributed by atoms with Gasteiger partial charge in [0.2, 0.25) is 0 Å². The predicted octanol–water partition coefficient (Wildman–Crippen LogP) is 3.03. The zero-order valence-corrected chi connectivity index (χ0v) is 12.5. The van der Waals surface area contributed by atoms with Crippen molar-refractivity contribution in [2.45, 2.75) is 5.92 Å². The molecular weight excluding hydrogens is 330 g/mol. The van der Waals surface area contributed by atoms with Crippen LogP contribution in [0.25, 0.3) is 0 Å². The SMILES string of the molecule is O=C(OCC(c1ccccc1)c1ccccc1)N(S)S.[CaH2]. The van der Waals surface area contributed by atoms with Crippen LogP contribution in [-0.2, 0) is 4.74 Å². The first kappa shape index (κ1) is 18.7. The molecular formula is C15H17CaNO2S2. The molecule has 0 saturated carbocycles. The molecule has 0 saturated heterocycles. The van der Waals surface area contributed by atoms with Crippen molar-refractivity contribution in [3.05, 3.63) is 71.8 Å². The van der Waals surface area contributed by atoms with E-state index < -0.39 is 6.09 Å². The maximum atomic E-state index is 11.5. The fraction of sp³-hybridized carbons (Fsp3) is 0.133. The van der Waals surface area contributed by atoms with Gasteiger partial charge in [-0.25, -0.2) is 4.79 Å². The molecule has 0 bridgehead atoms. The van der Waals surface area contributed by atoms with Crippen LogP contribution in [0.1, 0.15) is 17.0 Å². The zero-order chi connectivity index (χ0) is 14.4. The van der Waals surface area contributed by atoms with Crippen molar-refractivity contribution in [1.82, 2.24) is 3.71 Å². The van der Waals surface area contributed by atoms with Gasteiger partial charge >= 0.3 is 43.8 Å². The van der Waals surface area contributed by atoms with E-state index in [0.29, 0.717) is 0 Å². The van der Waals surface area contributed by atoms with E-state index in [1.54, 1.807) is 0 Å². The molecule has 0 N–H and O–H groups in total. The number of nitrogens with zero attached hydrogens (tertiary/aromatic N) is 1. The van der Waals surface area contributed by atoms with Crippen LogP contribution in [0.4, 0.5) is 4.79 Å². The number of benzene rings is 2. The molecule has 108 valence electrons. The van der Waals surface area contributed by atoms with Gasteiger partial charge in [-0.3, -0.25) is 0 Å². The normalized spacial score (nSPS) is 9.86. The molecule has 2 aromatic carbocycles. The molecule has 0 aliphatic heterocycles. The summed E-state index contributed by atoms with van der Waals surface area (Å²) in [5, 5.41) is 0. The summed E-state index contributed by atoms with van der Waals surface area (Å²) < 4.78 is 6.04. The Hall–Kier alpha value is -0.330. The van der Waals surface area contributed by atoms with E-state index in [2.05, 4.69) is 25.6 Å². The number of hydrogen-bond donors (Lipinski definition) is 2. The summed E-state index contributed by atoms with van der Waals surface area (Å²) in [6, 6.07) is 19.9. The summed E-state index contributed by atoms with van der Waals surface area (Å²) in [6.07, 6.45) is -0.589.